The molecule has 2 atom stereocenters. The Kier molecular flexibility index (Phi) is 3.21. The van der Waals surface area contributed by atoms with Crippen molar-refractivity contribution in [2.75, 3.05) is 5.32 Å². The minimum absolute atomic E-state index is 0.279. The Morgan fingerprint density at radius 1 is 1.40 bits per heavy atom. The molecule has 0 aliphatic heterocycles. The minimum Gasteiger partial charge on any atom is -0.366 e. The van der Waals surface area contributed by atoms with Gasteiger partial charge < -0.3 is 11.1 Å². The van der Waals surface area contributed by atoms with E-state index >= 15 is 0 Å². The Bertz CT molecular complexity index is 324. The molecule has 3 heteroatoms. The van der Waals surface area contributed by atoms with Crippen LogP contribution in [0, 0.1) is 6.92 Å². The molecule has 0 bridgehead atoms. The zero-order valence-electron chi connectivity index (χ0n) is 9.24. The van der Waals surface area contributed by atoms with Gasteiger partial charge in [-0.3, -0.25) is 0 Å². The highest BCUT2D eigenvalue weighted by Crippen LogP contribution is 2.20. The van der Waals surface area contributed by atoms with E-state index in [9.17, 15) is 0 Å². The summed E-state index contributed by atoms with van der Waals surface area (Å²) in [5, 5.41) is 3.44. The number of aryl methyl sites for hydroxylation is 1. The van der Waals surface area contributed by atoms with Crippen LogP contribution in [0.15, 0.2) is 18.3 Å². The van der Waals surface area contributed by atoms with Gasteiger partial charge in [0.05, 0.1) is 0 Å². The Balaban J connectivity index is 2.01. The number of hydrogen-bond acceptors (Lipinski definition) is 3. The van der Waals surface area contributed by atoms with Crippen molar-refractivity contribution in [3.05, 3.63) is 23.9 Å². The molecule has 0 radical (unpaired) electrons. The molecule has 1 aliphatic rings. The fourth-order valence-electron chi connectivity index (χ4n) is 2.14. The number of nitrogens with two attached hydrogens (primary N) is 1. The van der Waals surface area contributed by atoms with E-state index in [4.69, 9.17) is 5.73 Å². The highest BCUT2D eigenvalue weighted by molar-refractivity contribution is 5.38. The SMILES string of the molecule is Cc1ccnc(N[C@H]2CCCC[C@H]2N)c1. The Morgan fingerprint density at radius 2 is 2.20 bits per heavy atom. The molecule has 1 saturated carbocycles. The first-order chi connectivity index (χ1) is 7.25. The molecule has 0 aromatic carbocycles. The van der Waals surface area contributed by atoms with Gasteiger partial charge in [0, 0.05) is 18.3 Å². The normalized spacial score (nSPS) is 26.3. The first-order valence-electron chi connectivity index (χ1n) is 5.70. The molecular weight excluding hydrogens is 186 g/mol. The first kappa shape index (κ1) is 10.4. The zero-order valence-corrected chi connectivity index (χ0v) is 9.24. The molecule has 82 valence electrons. The van der Waals surface area contributed by atoms with Crippen molar-refractivity contribution >= 4 is 5.82 Å². The molecule has 0 unspecified atom stereocenters. The molecule has 1 fully saturated rings. The highest BCUT2D eigenvalue weighted by Gasteiger charge is 2.21. The van der Waals surface area contributed by atoms with Gasteiger partial charge in [-0.05, 0) is 37.5 Å². The van der Waals surface area contributed by atoms with Crippen LogP contribution < -0.4 is 11.1 Å². The Morgan fingerprint density at radius 3 is 2.93 bits per heavy atom. The minimum atomic E-state index is 0.279. The summed E-state index contributed by atoms with van der Waals surface area (Å²) in [7, 11) is 0. The third kappa shape index (κ3) is 2.69. The monoisotopic (exact) mass is 205 g/mol. The second-order valence-corrected chi connectivity index (χ2v) is 4.42. The third-order valence-electron chi connectivity index (χ3n) is 3.07. The van der Waals surface area contributed by atoms with E-state index in [0.717, 1.165) is 18.7 Å². The molecule has 2 rings (SSSR count). The number of anilines is 1. The molecule has 1 heterocycles. The second kappa shape index (κ2) is 4.62. The van der Waals surface area contributed by atoms with Crippen LogP contribution in [0.3, 0.4) is 0 Å². The summed E-state index contributed by atoms with van der Waals surface area (Å²) >= 11 is 0. The van der Waals surface area contributed by atoms with E-state index in [-0.39, 0.29) is 6.04 Å². The van der Waals surface area contributed by atoms with E-state index in [0.29, 0.717) is 6.04 Å². The number of aromatic nitrogens is 1. The van der Waals surface area contributed by atoms with Crippen LogP contribution in [-0.2, 0) is 0 Å². The van der Waals surface area contributed by atoms with Crippen LogP contribution >= 0.6 is 0 Å². The van der Waals surface area contributed by atoms with E-state index < -0.39 is 0 Å². The van der Waals surface area contributed by atoms with Gasteiger partial charge in [-0.15, -0.1) is 0 Å². The summed E-state index contributed by atoms with van der Waals surface area (Å²) in [4.78, 5) is 4.30. The first-order valence-corrected chi connectivity index (χ1v) is 5.70. The van der Waals surface area contributed by atoms with Gasteiger partial charge in [0.15, 0.2) is 0 Å². The Labute approximate surface area is 91.1 Å². The maximum Gasteiger partial charge on any atom is 0.126 e. The van der Waals surface area contributed by atoms with Crippen molar-refractivity contribution in [1.82, 2.24) is 4.98 Å². The average molecular weight is 205 g/mol. The lowest BCUT2D eigenvalue weighted by molar-refractivity contribution is 0.403. The molecule has 1 aliphatic carbocycles. The van der Waals surface area contributed by atoms with Crippen LogP contribution in [0.2, 0.25) is 0 Å². The lowest BCUT2D eigenvalue weighted by Crippen LogP contribution is -2.42. The molecule has 15 heavy (non-hydrogen) atoms. The zero-order chi connectivity index (χ0) is 10.7. The third-order valence-corrected chi connectivity index (χ3v) is 3.07. The van der Waals surface area contributed by atoms with Crippen molar-refractivity contribution in [2.45, 2.75) is 44.7 Å². The smallest absolute Gasteiger partial charge is 0.126 e. The lowest BCUT2D eigenvalue weighted by atomic mass is 9.91. The van der Waals surface area contributed by atoms with E-state index in [1.54, 1.807) is 0 Å². The van der Waals surface area contributed by atoms with E-state index in [1.165, 1.54) is 18.4 Å². The van der Waals surface area contributed by atoms with Crippen LogP contribution in [0.5, 0.6) is 0 Å². The van der Waals surface area contributed by atoms with Gasteiger partial charge in [0.1, 0.15) is 5.82 Å². The summed E-state index contributed by atoms with van der Waals surface area (Å²) in [6.45, 7) is 2.08. The van der Waals surface area contributed by atoms with E-state index in [1.807, 2.05) is 12.3 Å². The van der Waals surface area contributed by atoms with Crippen LogP contribution in [-0.4, -0.2) is 17.1 Å². The van der Waals surface area contributed by atoms with Crippen LogP contribution in [0.25, 0.3) is 0 Å². The summed E-state index contributed by atoms with van der Waals surface area (Å²) in [5.74, 6) is 0.956. The number of pyridine rings is 1. The number of rotatable bonds is 2. The van der Waals surface area contributed by atoms with Gasteiger partial charge in [-0.2, -0.15) is 0 Å². The van der Waals surface area contributed by atoms with Crippen molar-refractivity contribution in [3.63, 3.8) is 0 Å². The quantitative estimate of drug-likeness (QED) is 0.777. The fourth-order valence-corrected chi connectivity index (χ4v) is 2.14. The van der Waals surface area contributed by atoms with Gasteiger partial charge in [-0.25, -0.2) is 4.98 Å². The Hall–Kier alpha value is -1.09. The summed E-state index contributed by atoms with van der Waals surface area (Å²) in [6, 6.07) is 4.75. The maximum absolute atomic E-state index is 6.07. The van der Waals surface area contributed by atoms with Gasteiger partial charge >= 0.3 is 0 Å². The molecule has 0 amide bonds. The second-order valence-electron chi connectivity index (χ2n) is 4.42. The molecule has 0 saturated heterocycles. The van der Waals surface area contributed by atoms with Gasteiger partial charge in [-0.1, -0.05) is 12.8 Å². The van der Waals surface area contributed by atoms with E-state index in [2.05, 4.69) is 23.3 Å². The predicted octanol–water partition coefficient (Wildman–Crippen LogP) is 2.07. The summed E-state index contributed by atoms with van der Waals surface area (Å²) in [5.41, 5.74) is 7.31. The molecule has 1 aromatic rings. The van der Waals surface area contributed by atoms with Crippen molar-refractivity contribution in [1.29, 1.82) is 0 Å². The standard InChI is InChI=1S/C12H19N3/c1-9-6-7-14-12(8-9)15-11-5-3-2-4-10(11)13/h6-8,10-11H,2-5,13H2,1H3,(H,14,15)/t10-,11+/m1/s1. The lowest BCUT2D eigenvalue weighted by Gasteiger charge is -2.29. The van der Waals surface area contributed by atoms with Crippen molar-refractivity contribution in [2.24, 2.45) is 5.73 Å². The number of nitrogens with zero attached hydrogens (tertiary/aromatic N) is 1. The molecule has 0 spiro atoms. The number of nitrogens with one attached hydrogen (secondary N) is 1. The fraction of sp³-hybridized carbons (Fsp3) is 0.583. The average Bonchev–Trinajstić information content (AvgIpc) is 2.22. The van der Waals surface area contributed by atoms with Crippen LogP contribution in [0.4, 0.5) is 5.82 Å². The maximum atomic E-state index is 6.07. The molecule has 1 aromatic heterocycles. The predicted molar refractivity (Wildman–Crippen MR) is 62.8 cm³/mol. The summed E-state index contributed by atoms with van der Waals surface area (Å²) in [6.07, 6.45) is 6.67. The van der Waals surface area contributed by atoms with Gasteiger partial charge in [0.2, 0.25) is 0 Å². The molecular formula is C12H19N3. The van der Waals surface area contributed by atoms with Gasteiger partial charge in [0.25, 0.3) is 0 Å². The largest absolute Gasteiger partial charge is 0.366 e. The van der Waals surface area contributed by atoms with Crippen molar-refractivity contribution in [3.8, 4) is 0 Å². The van der Waals surface area contributed by atoms with Crippen molar-refractivity contribution < 1.29 is 0 Å². The topological polar surface area (TPSA) is 50.9 Å². The molecule has 3 nitrogen and oxygen atoms in total. The van der Waals surface area contributed by atoms with Crippen LogP contribution in [0.1, 0.15) is 31.2 Å². The number of hydrogen-bond donors (Lipinski definition) is 2. The highest BCUT2D eigenvalue weighted by atomic mass is 15.0. The summed E-state index contributed by atoms with van der Waals surface area (Å²) < 4.78 is 0. The molecule has 3 N–H and O–H groups in total.